The molecule has 0 fully saturated rings. The number of fused-ring (bicyclic) bond motifs is 5. The topological polar surface area (TPSA) is 324 Å². The van der Waals surface area contributed by atoms with Gasteiger partial charge in [0.25, 0.3) is 17.4 Å². The lowest BCUT2D eigenvalue weighted by atomic mass is 9.81. The number of hydrogen-bond donors (Lipinski definition) is 6. The van der Waals surface area contributed by atoms with Crippen LogP contribution in [0, 0.1) is 18.7 Å². The Morgan fingerprint density at radius 2 is 1.57 bits per heavy atom. The third kappa shape index (κ3) is 12.6. The zero-order valence-electron chi connectivity index (χ0n) is 44.1. The average Bonchev–Trinajstić information content (AvgIpc) is 4.01. The van der Waals surface area contributed by atoms with Crippen LogP contribution in [0.1, 0.15) is 123 Å². The lowest BCUT2D eigenvalue weighted by molar-refractivity contribution is -0.172. The minimum atomic E-state index is -2.05. The van der Waals surface area contributed by atoms with Crippen LogP contribution in [0.15, 0.2) is 59.4 Å². The van der Waals surface area contributed by atoms with Crippen molar-refractivity contribution < 1.29 is 72.1 Å². The van der Waals surface area contributed by atoms with Gasteiger partial charge in [-0.15, -0.1) is 0 Å². The maximum atomic E-state index is 15.4. The second-order valence-electron chi connectivity index (χ2n) is 20.4. The molecule has 0 saturated heterocycles. The fourth-order valence-corrected chi connectivity index (χ4v) is 10.7. The van der Waals surface area contributed by atoms with E-state index < -0.39 is 113 Å². The summed E-state index contributed by atoms with van der Waals surface area (Å²) in [6.07, 6.45) is 0.340. The second-order valence-corrected chi connectivity index (χ2v) is 20.4. The molecule has 23 heteroatoms. The molecular weight excluding hydrogens is 1040 g/mol. The van der Waals surface area contributed by atoms with E-state index in [0.717, 1.165) is 22.6 Å². The summed E-state index contributed by atoms with van der Waals surface area (Å²) in [4.78, 5) is 159. The number of aryl methyl sites for hydroxylation is 1. The minimum Gasteiger partial charge on any atom is -0.481 e. The van der Waals surface area contributed by atoms with Crippen molar-refractivity contribution in [2.45, 2.75) is 128 Å². The number of imide groups is 1. The number of ketones is 3. The number of nitrogens with one attached hydrogen (secondary N) is 4. The molecule has 4 aliphatic rings. The van der Waals surface area contributed by atoms with Crippen molar-refractivity contribution in [3.05, 3.63) is 110 Å². The predicted molar refractivity (Wildman–Crippen MR) is 280 cm³/mol. The third-order valence-corrected chi connectivity index (χ3v) is 15.1. The van der Waals surface area contributed by atoms with E-state index in [4.69, 9.17) is 9.72 Å². The number of aliphatic hydroxyl groups is 1. The summed E-state index contributed by atoms with van der Waals surface area (Å²) < 4.78 is 22.1. The number of carboxylic acids is 1. The molecule has 5 heterocycles. The molecule has 8 rings (SSSR count). The molecule has 80 heavy (non-hydrogen) atoms. The smallest absolute Gasteiger partial charge is 0.343 e. The molecule has 2 aromatic carbocycles. The monoisotopic (exact) mass is 1100 g/mol. The van der Waals surface area contributed by atoms with Crippen molar-refractivity contribution in [1.29, 1.82) is 0 Å². The van der Waals surface area contributed by atoms with E-state index in [1.54, 1.807) is 50.2 Å². The molecule has 0 unspecified atom stereocenters. The molecule has 0 bridgehead atoms. The Morgan fingerprint density at radius 1 is 0.850 bits per heavy atom. The van der Waals surface area contributed by atoms with E-state index in [1.165, 1.54) is 10.6 Å². The van der Waals surface area contributed by atoms with E-state index in [0.29, 0.717) is 57.4 Å². The lowest BCUT2D eigenvalue weighted by Gasteiger charge is -2.31. The highest BCUT2D eigenvalue weighted by Crippen LogP contribution is 2.46. The van der Waals surface area contributed by atoms with Crippen LogP contribution in [-0.2, 0) is 89.1 Å². The Kier molecular flexibility index (Phi) is 17.7. The van der Waals surface area contributed by atoms with Crippen LogP contribution in [-0.4, -0.2) is 115 Å². The highest BCUT2D eigenvalue weighted by molar-refractivity contribution is 6.13. The summed E-state index contributed by atoms with van der Waals surface area (Å²) in [5.74, 6) is -9.30. The first kappa shape index (κ1) is 57.6. The van der Waals surface area contributed by atoms with Crippen molar-refractivity contribution in [2.75, 3.05) is 19.6 Å². The Bertz CT molecular complexity index is 3340. The van der Waals surface area contributed by atoms with E-state index >= 15 is 4.39 Å². The van der Waals surface area contributed by atoms with Gasteiger partial charge in [-0.2, -0.15) is 0 Å². The number of rotatable bonds is 26. The number of ether oxygens (including phenoxy) is 1. The van der Waals surface area contributed by atoms with Gasteiger partial charge in [0, 0.05) is 92.8 Å². The first-order valence-corrected chi connectivity index (χ1v) is 26.5. The van der Waals surface area contributed by atoms with Gasteiger partial charge < -0.3 is 40.8 Å². The van der Waals surface area contributed by atoms with Crippen molar-refractivity contribution in [2.24, 2.45) is 5.92 Å². The number of esters is 1. The summed E-state index contributed by atoms with van der Waals surface area (Å²) in [6.45, 7) is 2.28. The average molecular weight is 1100 g/mol. The number of pyridine rings is 2. The standard InChI is InChI=1S/C57H60FN7O15/c1-3-57(79)38-25-43-53-36(28-65(43)55(77)37(38)29-80-56(57)78)52-40(13-12-35-30(2)39(58)26-42(63-53)51(35)52)61-46(70)10-7-20-59-45(69)16-14-44(68)41(22-31-8-5-4-6-9-31)62-47(71)15-11-34(67)27-60-54(76)32(24-50(74)75)23-33(66)19-21-64-48(72)17-18-49(64)73/h4-6,8-9,17-18,25-26,32,40-41,79H,3,7,10-16,19-24,27-29H2,1-2H3,(H,59,69)(H,60,76)(H,61,70)(H,62,71)(H,74,75)/t32-,40-,41-,57-/m0/s1. The fraction of sp³-hybridized carbons (Fsp3) is 0.421. The second kappa shape index (κ2) is 24.6. The molecule has 22 nitrogen and oxygen atoms in total. The minimum absolute atomic E-state index is 0.00310. The number of Topliss-reactive ketones (excluding diaryl/α,β-unsaturated/α-hetero) is 3. The summed E-state index contributed by atoms with van der Waals surface area (Å²) in [7, 11) is 0. The number of amides is 6. The van der Waals surface area contributed by atoms with Crippen molar-refractivity contribution >= 4 is 75.6 Å². The Morgan fingerprint density at radius 3 is 2.29 bits per heavy atom. The van der Waals surface area contributed by atoms with Crippen molar-refractivity contribution in [1.82, 2.24) is 35.7 Å². The van der Waals surface area contributed by atoms with Gasteiger partial charge in [0.1, 0.15) is 18.2 Å². The molecule has 2 aromatic heterocycles. The van der Waals surface area contributed by atoms with E-state index in [2.05, 4.69) is 21.3 Å². The third-order valence-electron chi connectivity index (χ3n) is 15.1. The molecule has 1 aliphatic carbocycles. The zero-order valence-corrected chi connectivity index (χ0v) is 44.1. The fourth-order valence-electron chi connectivity index (χ4n) is 10.7. The van der Waals surface area contributed by atoms with Gasteiger partial charge in [0.05, 0.1) is 60.0 Å². The first-order chi connectivity index (χ1) is 38.2. The van der Waals surface area contributed by atoms with Crippen LogP contribution in [0.5, 0.6) is 0 Å². The maximum Gasteiger partial charge on any atom is 0.343 e. The lowest BCUT2D eigenvalue weighted by Crippen LogP contribution is -2.44. The summed E-state index contributed by atoms with van der Waals surface area (Å²) >= 11 is 0. The van der Waals surface area contributed by atoms with Gasteiger partial charge in [-0.05, 0) is 67.3 Å². The highest BCUT2D eigenvalue weighted by Gasteiger charge is 2.46. The van der Waals surface area contributed by atoms with Crippen molar-refractivity contribution in [3.8, 4) is 11.4 Å². The van der Waals surface area contributed by atoms with Gasteiger partial charge in [-0.25, -0.2) is 14.2 Å². The normalized spacial score (nSPS) is 17.4. The van der Waals surface area contributed by atoms with E-state index in [1.807, 2.05) is 0 Å². The van der Waals surface area contributed by atoms with Gasteiger partial charge in [0.15, 0.2) is 17.2 Å². The van der Waals surface area contributed by atoms with Crippen LogP contribution in [0.4, 0.5) is 4.39 Å². The number of carbonyl (C=O) groups excluding carboxylic acids is 10. The molecule has 6 amide bonds. The molecule has 3 aliphatic heterocycles. The number of carbonyl (C=O) groups is 11. The molecule has 420 valence electrons. The number of aromatic nitrogens is 2. The molecule has 0 radical (unpaired) electrons. The maximum absolute atomic E-state index is 15.4. The number of benzene rings is 2. The number of cyclic esters (lactones) is 1. The summed E-state index contributed by atoms with van der Waals surface area (Å²) in [5.41, 5.74) is 2.03. The van der Waals surface area contributed by atoms with Crippen LogP contribution in [0.3, 0.4) is 0 Å². The van der Waals surface area contributed by atoms with E-state index in [-0.39, 0.29) is 101 Å². The van der Waals surface area contributed by atoms with Gasteiger partial charge in [-0.1, -0.05) is 37.3 Å². The quantitative estimate of drug-likeness (QED) is 0.0263. The van der Waals surface area contributed by atoms with Crippen LogP contribution in [0.2, 0.25) is 0 Å². The number of aliphatic carboxylic acids is 1. The van der Waals surface area contributed by atoms with Gasteiger partial charge >= 0.3 is 11.9 Å². The largest absolute Gasteiger partial charge is 0.481 e. The molecule has 0 spiro atoms. The first-order valence-electron chi connectivity index (χ1n) is 26.5. The molecule has 0 saturated carbocycles. The SMILES string of the molecule is CC[C@@]1(O)C(=O)OCc2c1cc1n(c2=O)Cc2c-1nc1cc(F)c(C)c3c1c2[C@@H](NC(=O)CCCNC(=O)CCC(=O)[C@H](Cc1ccccc1)NC(=O)CCC(=O)CNC(=O)[C@H](CC(=O)O)CC(=O)CCN1C(=O)C=CC1=O)CC3. The number of halogens is 1. The summed E-state index contributed by atoms with van der Waals surface area (Å²) in [5, 5.41) is 32.2. The molecule has 4 atom stereocenters. The van der Waals surface area contributed by atoms with Crippen LogP contribution < -0.4 is 26.8 Å². The highest BCUT2D eigenvalue weighted by atomic mass is 19.1. The van der Waals surface area contributed by atoms with Crippen LogP contribution >= 0.6 is 0 Å². The number of carboxylic acid groups (broad SMARTS) is 1. The Labute approximate surface area is 456 Å². The number of hydrogen-bond acceptors (Lipinski definition) is 15. The Hall–Kier alpha value is -8.60. The van der Waals surface area contributed by atoms with E-state index in [9.17, 15) is 67.7 Å². The summed E-state index contributed by atoms with van der Waals surface area (Å²) in [6, 6.07) is 10.0. The predicted octanol–water partition coefficient (Wildman–Crippen LogP) is 2.43. The molecule has 4 aromatic rings. The van der Waals surface area contributed by atoms with Gasteiger partial charge in [-0.3, -0.25) is 57.6 Å². The van der Waals surface area contributed by atoms with Crippen molar-refractivity contribution in [3.63, 3.8) is 0 Å². The van der Waals surface area contributed by atoms with Crippen LogP contribution in [0.25, 0.3) is 22.3 Å². The zero-order chi connectivity index (χ0) is 57.6. The van der Waals surface area contributed by atoms with Gasteiger partial charge in [0.2, 0.25) is 23.6 Å². The molecular formula is C57H60FN7O15. The Balaban J connectivity index is 0.815. The number of nitrogens with zero attached hydrogens (tertiary/aromatic N) is 3. The molecule has 6 N–H and O–H groups in total.